The molecule has 3 rings (SSSR count). The third-order valence-corrected chi connectivity index (χ3v) is 4.43. The van der Waals surface area contributed by atoms with Crippen molar-refractivity contribution in [3.63, 3.8) is 0 Å². The Hall–Kier alpha value is -1.09. The zero-order valence-electron chi connectivity index (χ0n) is 11.5. The van der Waals surface area contributed by atoms with Gasteiger partial charge < -0.3 is 4.57 Å². The van der Waals surface area contributed by atoms with E-state index in [1.54, 1.807) is 6.07 Å². The highest BCUT2D eigenvalue weighted by Crippen LogP contribution is 2.53. The third-order valence-electron chi connectivity index (χ3n) is 4.24. The van der Waals surface area contributed by atoms with E-state index in [-0.39, 0.29) is 11.2 Å². The molecule has 2 nitrogen and oxygen atoms in total. The second-order valence-corrected chi connectivity index (χ2v) is 6.85. The van der Waals surface area contributed by atoms with Crippen LogP contribution in [0.1, 0.15) is 38.4 Å². The summed E-state index contributed by atoms with van der Waals surface area (Å²) in [6, 6.07) is 5.10. The van der Waals surface area contributed by atoms with E-state index in [9.17, 15) is 4.39 Å². The molecule has 1 fully saturated rings. The fraction of sp³-hybridized carbons (Fsp3) is 0.533. The number of hydrogen-bond acceptors (Lipinski definition) is 1. The molecule has 1 saturated carbocycles. The lowest BCUT2D eigenvalue weighted by Gasteiger charge is -2.11. The van der Waals surface area contributed by atoms with Gasteiger partial charge in [-0.3, -0.25) is 0 Å². The van der Waals surface area contributed by atoms with Crippen molar-refractivity contribution in [3.05, 3.63) is 29.8 Å². The van der Waals surface area contributed by atoms with Crippen LogP contribution < -0.4 is 0 Å². The van der Waals surface area contributed by atoms with Crippen molar-refractivity contribution in [1.29, 1.82) is 0 Å². The topological polar surface area (TPSA) is 17.8 Å². The number of alkyl halides is 1. The molecular weight excluding hydrogens is 263 g/mol. The molecule has 2 atom stereocenters. The van der Waals surface area contributed by atoms with Crippen molar-refractivity contribution in [1.82, 2.24) is 9.55 Å². The van der Waals surface area contributed by atoms with Crippen LogP contribution in [0.25, 0.3) is 11.0 Å². The molecule has 1 aliphatic rings. The van der Waals surface area contributed by atoms with Crippen molar-refractivity contribution >= 4 is 22.6 Å². The van der Waals surface area contributed by atoms with E-state index in [1.807, 2.05) is 13.0 Å². The summed E-state index contributed by atoms with van der Waals surface area (Å²) < 4.78 is 15.9. The van der Waals surface area contributed by atoms with E-state index in [4.69, 9.17) is 11.6 Å². The fourth-order valence-electron chi connectivity index (χ4n) is 2.73. The molecule has 19 heavy (non-hydrogen) atoms. The lowest BCUT2D eigenvalue weighted by atomic mass is 10.1. The number of aromatic nitrogens is 2. The minimum absolute atomic E-state index is 0.214. The van der Waals surface area contributed by atoms with Gasteiger partial charge in [0.15, 0.2) is 5.82 Å². The number of para-hydroxylation sites is 1. The van der Waals surface area contributed by atoms with Gasteiger partial charge in [0.05, 0.1) is 10.9 Å². The van der Waals surface area contributed by atoms with Crippen LogP contribution in [-0.4, -0.2) is 9.55 Å². The highest BCUT2D eigenvalue weighted by Gasteiger charge is 2.45. The maximum Gasteiger partial charge on any atom is 0.151 e. The smallest absolute Gasteiger partial charge is 0.151 e. The van der Waals surface area contributed by atoms with Crippen LogP contribution in [0.15, 0.2) is 18.2 Å². The Kier molecular flexibility index (Phi) is 2.86. The van der Waals surface area contributed by atoms with Gasteiger partial charge in [-0.25, -0.2) is 9.37 Å². The Bertz CT molecular complexity index is 630. The maximum atomic E-state index is 13.8. The van der Waals surface area contributed by atoms with Gasteiger partial charge in [-0.2, -0.15) is 0 Å². The molecule has 2 aromatic rings. The molecule has 0 bridgehead atoms. The van der Waals surface area contributed by atoms with Gasteiger partial charge in [-0.05, 0) is 36.8 Å². The van der Waals surface area contributed by atoms with Crippen LogP contribution in [0.3, 0.4) is 0 Å². The Morgan fingerprint density at radius 2 is 2.21 bits per heavy atom. The van der Waals surface area contributed by atoms with Crippen LogP contribution in [0.4, 0.5) is 4.39 Å². The number of fused-ring (bicyclic) bond motifs is 1. The molecule has 0 saturated heterocycles. The Balaban J connectivity index is 2.09. The molecule has 1 aromatic carbocycles. The van der Waals surface area contributed by atoms with E-state index in [0.29, 0.717) is 16.8 Å². The second-order valence-electron chi connectivity index (χ2n) is 6.19. The highest BCUT2D eigenvalue weighted by atomic mass is 35.5. The summed E-state index contributed by atoms with van der Waals surface area (Å²) in [5.74, 6) is 1.12. The SMILES string of the molecule is CC(Cl)c1nc2c(F)cccc2n1CC1CC1(C)C. The lowest BCUT2D eigenvalue weighted by molar-refractivity contribution is 0.495. The van der Waals surface area contributed by atoms with Crippen LogP contribution in [0.5, 0.6) is 0 Å². The minimum atomic E-state index is -0.273. The summed E-state index contributed by atoms with van der Waals surface area (Å²) in [4.78, 5) is 4.40. The number of rotatable bonds is 3. The molecule has 4 heteroatoms. The monoisotopic (exact) mass is 280 g/mol. The molecule has 0 radical (unpaired) electrons. The number of imidazole rings is 1. The van der Waals surface area contributed by atoms with Crippen molar-refractivity contribution in [2.75, 3.05) is 0 Å². The number of hydrogen-bond donors (Lipinski definition) is 0. The summed E-state index contributed by atoms with van der Waals surface area (Å²) in [6.45, 7) is 7.29. The van der Waals surface area contributed by atoms with Gasteiger partial charge in [0.25, 0.3) is 0 Å². The molecule has 1 heterocycles. The first-order valence-electron chi connectivity index (χ1n) is 6.69. The molecule has 1 aliphatic carbocycles. The zero-order valence-corrected chi connectivity index (χ0v) is 12.2. The summed E-state index contributed by atoms with van der Waals surface area (Å²) in [5.41, 5.74) is 1.67. The van der Waals surface area contributed by atoms with Crippen LogP contribution in [0, 0.1) is 17.2 Å². The number of benzene rings is 1. The van der Waals surface area contributed by atoms with Gasteiger partial charge in [-0.15, -0.1) is 11.6 Å². The fourth-order valence-corrected chi connectivity index (χ4v) is 2.90. The van der Waals surface area contributed by atoms with Crippen LogP contribution in [-0.2, 0) is 6.54 Å². The zero-order chi connectivity index (χ0) is 13.8. The highest BCUT2D eigenvalue weighted by molar-refractivity contribution is 6.20. The standard InChI is InChI=1S/C15H18ClFN2/c1-9(16)14-18-13-11(17)5-4-6-12(13)19(14)8-10-7-15(10,2)3/h4-6,9-10H,7-8H2,1-3H3. The molecule has 1 aromatic heterocycles. The van der Waals surface area contributed by atoms with Gasteiger partial charge in [-0.1, -0.05) is 19.9 Å². The third kappa shape index (κ3) is 2.14. The van der Waals surface area contributed by atoms with Crippen molar-refractivity contribution in [2.24, 2.45) is 11.3 Å². The van der Waals surface area contributed by atoms with Crippen LogP contribution in [0.2, 0.25) is 0 Å². The first kappa shape index (κ1) is 12.9. The van der Waals surface area contributed by atoms with Gasteiger partial charge in [0.1, 0.15) is 11.3 Å². The first-order chi connectivity index (χ1) is 8.90. The molecule has 0 amide bonds. The predicted octanol–water partition coefficient (Wildman–Crippen LogP) is 4.52. The maximum absolute atomic E-state index is 13.8. The van der Waals surface area contributed by atoms with Crippen molar-refractivity contribution in [2.45, 2.75) is 39.1 Å². The van der Waals surface area contributed by atoms with E-state index in [2.05, 4.69) is 23.4 Å². The molecular formula is C15H18ClFN2. The Morgan fingerprint density at radius 1 is 1.53 bits per heavy atom. The Labute approximate surface area is 117 Å². The summed E-state index contributed by atoms with van der Waals surface area (Å²) >= 11 is 6.20. The normalized spacial score (nSPS) is 22.7. The molecule has 0 N–H and O–H groups in total. The molecule has 0 aliphatic heterocycles. The predicted molar refractivity (Wildman–Crippen MR) is 75.8 cm³/mol. The number of halogens is 2. The van der Waals surface area contributed by atoms with Crippen molar-refractivity contribution < 1.29 is 4.39 Å². The van der Waals surface area contributed by atoms with E-state index >= 15 is 0 Å². The average Bonchev–Trinajstić information content (AvgIpc) is 2.76. The van der Waals surface area contributed by atoms with Gasteiger partial charge >= 0.3 is 0 Å². The molecule has 2 unspecified atom stereocenters. The van der Waals surface area contributed by atoms with E-state index < -0.39 is 0 Å². The Morgan fingerprint density at radius 3 is 2.79 bits per heavy atom. The largest absolute Gasteiger partial charge is 0.326 e. The lowest BCUT2D eigenvalue weighted by Crippen LogP contribution is -2.08. The molecule has 102 valence electrons. The second kappa shape index (κ2) is 4.20. The summed E-state index contributed by atoms with van der Waals surface area (Å²) in [5, 5.41) is -0.214. The van der Waals surface area contributed by atoms with E-state index in [0.717, 1.165) is 17.9 Å². The number of nitrogens with zero attached hydrogens (tertiary/aromatic N) is 2. The quantitative estimate of drug-likeness (QED) is 0.756. The van der Waals surface area contributed by atoms with Crippen LogP contribution >= 0.6 is 11.6 Å². The van der Waals surface area contributed by atoms with Gasteiger partial charge in [0, 0.05) is 6.54 Å². The first-order valence-corrected chi connectivity index (χ1v) is 7.12. The summed E-state index contributed by atoms with van der Waals surface area (Å²) in [6.07, 6.45) is 1.21. The average molecular weight is 281 g/mol. The minimum Gasteiger partial charge on any atom is -0.326 e. The van der Waals surface area contributed by atoms with Crippen molar-refractivity contribution in [3.8, 4) is 0 Å². The molecule has 0 spiro atoms. The van der Waals surface area contributed by atoms with Gasteiger partial charge in [0.2, 0.25) is 0 Å². The van der Waals surface area contributed by atoms with E-state index in [1.165, 1.54) is 12.5 Å². The summed E-state index contributed by atoms with van der Waals surface area (Å²) in [7, 11) is 0.